The molecule has 1 N–H and O–H groups in total. The highest BCUT2D eigenvalue weighted by atomic mass is 16.5. The first-order valence-corrected chi connectivity index (χ1v) is 6.21. The molecule has 8 heteroatoms. The first-order valence-electron chi connectivity index (χ1n) is 6.21. The predicted octanol–water partition coefficient (Wildman–Crippen LogP) is 1.03. The van der Waals surface area contributed by atoms with E-state index in [2.05, 4.69) is 20.3 Å². The maximum atomic E-state index is 12.1. The molecule has 1 amide bonds. The highest BCUT2D eigenvalue weighted by Gasteiger charge is 2.14. The van der Waals surface area contributed by atoms with E-state index in [1.165, 1.54) is 14.2 Å². The van der Waals surface area contributed by atoms with Crippen LogP contribution in [0.25, 0.3) is 0 Å². The summed E-state index contributed by atoms with van der Waals surface area (Å²) < 4.78 is 15.2. The third kappa shape index (κ3) is 3.47. The van der Waals surface area contributed by atoms with Crippen molar-refractivity contribution in [2.75, 3.05) is 14.2 Å². The first-order chi connectivity index (χ1) is 10.0. The van der Waals surface area contributed by atoms with Gasteiger partial charge >= 0.3 is 12.0 Å². The lowest BCUT2D eigenvalue weighted by Crippen LogP contribution is -2.24. The fourth-order valence-corrected chi connectivity index (χ4v) is 1.75. The summed E-state index contributed by atoms with van der Waals surface area (Å²) in [6.07, 6.45) is 0. The quantitative estimate of drug-likeness (QED) is 0.878. The van der Waals surface area contributed by atoms with Gasteiger partial charge in [-0.3, -0.25) is 4.79 Å². The Morgan fingerprint density at radius 2 is 1.81 bits per heavy atom. The molecule has 0 saturated carbocycles. The van der Waals surface area contributed by atoms with E-state index < -0.39 is 0 Å². The fraction of sp³-hybridized carbons (Fsp3) is 0.385. The van der Waals surface area contributed by atoms with Gasteiger partial charge in [0.25, 0.3) is 5.91 Å². The molecule has 0 atom stereocenters. The van der Waals surface area contributed by atoms with Gasteiger partial charge < -0.3 is 19.2 Å². The van der Waals surface area contributed by atoms with E-state index in [1.54, 1.807) is 19.9 Å². The monoisotopic (exact) mass is 292 g/mol. The van der Waals surface area contributed by atoms with Crippen molar-refractivity contribution in [2.24, 2.45) is 0 Å². The second kappa shape index (κ2) is 6.21. The summed E-state index contributed by atoms with van der Waals surface area (Å²) in [5.41, 5.74) is 0.487. The molecule has 0 radical (unpaired) electrons. The maximum absolute atomic E-state index is 12.1. The normalized spacial score (nSPS) is 10.3. The summed E-state index contributed by atoms with van der Waals surface area (Å²) in [7, 11) is 2.88. The van der Waals surface area contributed by atoms with Gasteiger partial charge in [-0.25, -0.2) is 0 Å². The molecule has 0 fully saturated rings. The average molecular weight is 292 g/mol. The van der Waals surface area contributed by atoms with Gasteiger partial charge in [-0.2, -0.15) is 9.97 Å². The van der Waals surface area contributed by atoms with Gasteiger partial charge in [-0.05, 0) is 19.9 Å². The van der Waals surface area contributed by atoms with Gasteiger partial charge in [0.05, 0.1) is 26.3 Å². The Labute approximate surface area is 121 Å². The Kier molecular flexibility index (Phi) is 4.36. The number of ether oxygens (including phenoxy) is 2. The van der Waals surface area contributed by atoms with Crippen molar-refractivity contribution in [3.05, 3.63) is 29.0 Å². The third-order valence-electron chi connectivity index (χ3n) is 2.70. The molecule has 0 unspecified atom stereocenters. The minimum atomic E-state index is -0.261. The number of carbonyl (C=O) groups excluding carboxylic acids is 1. The number of amides is 1. The highest BCUT2D eigenvalue weighted by molar-refractivity contribution is 5.95. The number of methoxy groups -OCH3 is 2. The van der Waals surface area contributed by atoms with Crippen LogP contribution in [0.15, 0.2) is 10.5 Å². The van der Waals surface area contributed by atoms with Crippen molar-refractivity contribution < 1.29 is 18.7 Å². The predicted molar refractivity (Wildman–Crippen MR) is 72.3 cm³/mol. The number of aryl methyl sites for hydroxylation is 2. The van der Waals surface area contributed by atoms with E-state index in [0.29, 0.717) is 22.9 Å². The summed E-state index contributed by atoms with van der Waals surface area (Å²) in [5.74, 6) is 1.32. The van der Waals surface area contributed by atoms with E-state index in [1.807, 2.05) is 0 Å². The van der Waals surface area contributed by atoms with E-state index in [0.717, 1.165) is 0 Å². The molecule has 0 aliphatic heterocycles. The first kappa shape index (κ1) is 14.8. The van der Waals surface area contributed by atoms with Gasteiger partial charge in [0.15, 0.2) is 5.82 Å². The minimum absolute atomic E-state index is 0.123. The van der Waals surface area contributed by atoms with Crippen molar-refractivity contribution in [2.45, 2.75) is 20.4 Å². The molecule has 2 heterocycles. The van der Waals surface area contributed by atoms with Crippen molar-refractivity contribution in [1.29, 1.82) is 0 Å². The molecule has 2 rings (SSSR count). The molecular weight excluding hydrogens is 276 g/mol. The molecule has 0 spiro atoms. The summed E-state index contributed by atoms with van der Waals surface area (Å²) in [6, 6.07) is 1.93. The second-order valence-electron chi connectivity index (χ2n) is 4.23. The molecule has 0 saturated heterocycles. The van der Waals surface area contributed by atoms with Crippen LogP contribution in [0, 0.1) is 13.8 Å². The molecule has 0 aliphatic carbocycles. The smallest absolute Gasteiger partial charge is 0.322 e. The van der Waals surface area contributed by atoms with E-state index in [4.69, 9.17) is 13.9 Å². The number of hydrogen-bond donors (Lipinski definition) is 1. The maximum Gasteiger partial charge on any atom is 0.322 e. The van der Waals surface area contributed by atoms with Gasteiger partial charge in [-0.15, -0.1) is 4.98 Å². The van der Waals surface area contributed by atoms with Crippen molar-refractivity contribution >= 4 is 5.91 Å². The van der Waals surface area contributed by atoms with Crippen LogP contribution in [-0.4, -0.2) is 35.1 Å². The fourth-order valence-electron chi connectivity index (χ4n) is 1.75. The molecule has 0 aromatic carbocycles. The van der Waals surface area contributed by atoms with Crippen LogP contribution in [0.3, 0.4) is 0 Å². The summed E-state index contributed by atoms with van der Waals surface area (Å²) in [5, 5.41) is 2.71. The van der Waals surface area contributed by atoms with E-state index in [-0.39, 0.29) is 24.5 Å². The molecule has 2 aromatic rings. The SMILES string of the molecule is COc1nc(CNC(=O)c2cc(C)oc2C)nc(OC)n1. The largest absolute Gasteiger partial charge is 0.467 e. The summed E-state index contributed by atoms with van der Waals surface area (Å²) >= 11 is 0. The van der Waals surface area contributed by atoms with Gasteiger partial charge in [-0.1, -0.05) is 0 Å². The zero-order valence-corrected chi connectivity index (χ0v) is 12.3. The van der Waals surface area contributed by atoms with Gasteiger partial charge in [0.2, 0.25) is 0 Å². The Balaban J connectivity index is 2.09. The number of nitrogens with zero attached hydrogens (tertiary/aromatic N) is 3. The third-order valence-corrected chi connectivity index (χ3v) is 2.70. The molecule has 0 aliphatic rings. The number of nitrogens with one attached hydrogen (secondary N) is 1. The second-order valence-corrected chi connectivity index (χ2v) is 4.23. The number of furan rings is 1. The van der Waals surface area contributed by atoms with Crippen molar-refractivity contribution in [3.63, 3.8) is 0 Å². The molecule has 21 heavy (non-hydrogen) atoms. The summed E-state index contributed by atoms with van der Waals surface area (Å²) in [4.78, 5) is 24.0. The number of carbonyl (C=O) groups is 1. The topological polar surface area (TPSA) is 99.4 Å². The summed E-state index contributed by atoms with van der Waals surface area (Å²) in [6.45, 7) is 3.64. The van der Waals surface area contributed by atoms with Crippen molar-refractivity contribution in [3.8, 4) is 12.0 Å². The Bertz CT molecular complexity index is 631. The van der Waals surface area contributed by atoms with Crippen LogP contribution in [0.2, 0.25) is 0 Å². The van der Waals surface area contributed by atoms with Crippen LogP contribution >= 0.6 is 0 Å². The Hall–Kier alpha value is -2.64. The molecule has 2 aromatic heterocycles. The van der Waals surface area contributed by atoms with Gasteiger partial charge in [0, 0.05) is 0 Å². The van der Waals surface area contributed by atoms with E-state index in [9.17, 15) is 4.79 Å². The number of aromatic nitrogens is 3. The average Bonchev–Trinajstić information content (AvgIpc) is 2.83. The van der Waals surface area contributed by atoms with Crippen LogP contribution in [0.5, 0.6) is 12.0 Å². The van der Waals surface area contributed by atoms with Crippen LogP contribution in [0.1, 0.15) is 27.7 Å². The van der Waals surface area contributed by atoms with Gasteiger partial charge in [0.1, 0.15) is 11.5 Å². The molecule has 0 bridgehead atoms. The zero-order chi connectivity index (χ0) is 15.4. The van der Waals surface area contributed by atoms with Crippen LogP contribution in [-0.2, 0) is 6.54 Å². The highest BCUT2D eigenvalue weighted by Crippen LogP contribution is 2.14. The Morgan fingerprint density at radius 1 is 1.19 bits per heavy atom. The van der Waals surface area contributed by atoms with Crippen molar-refractivity contribution in [1.82, 2.24) is 20.3 Å². The minimum Gasteiger partial charge on any atom is -0.467 e. The molecular formula is C13H16N4O4. The lowest BCUT2D eigenvalue weighted by Gasteiger charge is -2.06. The van der Waals surface area contributed by atoms with Crippen LogP contribution in [0.4, 0.5) is 0 Å². The van der Waals surface area contributed by atoms with Crippen LogP contribution < -0.4 is 14.8 Å². The number of hydrogen-bond acceptors (Lipinski definition) is 7. The molecule has 112 valence electrons. The Morgan fingerprint density at radius 3 is 2.29 bits per heavy atom. The number of rotatable bonds is 5. The lowest BCUT2D eigenvalue weighted by molar-refractivity contribution is 0.0948. The molecule has 8 nitrogen and oxygen atoms in total. The zero-order valence-electron chi connectivity index (χ0n) is 12.3. The standard InChI is InChI=1S/C13H16N4O4/c1-7-5-9(8(2)21-7)11(18)14-6-10-15-12(19-3)17-13(16-10)20-4/h5H,6H2,1-4H3,(H,14,18). The lowest BCUT2D eigenvalue weighted by atomic mass is 10.2. The van der Waals surface area contributed by atoms with E-state index >= 15 is 0 Å².